The molecule has 0 saturated heterocycles. The monoisotopic (exact) mass is 729 g/mol. The number of hydrogen-bond acceptors (Lipinski definition) is 3. The first-order valence-electron chi connectivity index (χ1n) is 19.7. The molecule has 2 aliphatic rings. The predicted octanol–water partition coefficient (Wildman–Crippen LogP) is 9.29. The summed E-state index contributed by atoms with van der Waals surface area (Å²) in [5, 5.41) is 0. The zero-order chi connectivity index (χ0) is 38.0. The molecule has 0 spiro atoms. The lowest BCUT2D eigenvalue weighted by molar-refractivity contribution is 0.548. The Morgan fingerprint density at radius 3 is 1.33 bits per heavy atom. The van der Waals surface area contributed by atoms with Crippen LogP contribution < -0.4 is 37.7 Å². The van der Waals surface area contributed by atoms with E-state index in [9.17, 15) is 0 Å². The van der Waals surface area contributed by atoms with Gasteiger partial charge in [0.1, 0.15) is 23.0 Å². The van der Waals surface area contributed by atoms with E-state index in [2.05, 4.69) is 169 Å². The van der Waals surface area contributed by atoms with Gasteiger partial charge in [0, 0.05) is 28.2 Å². The van der Waals surface area contributed by atoms with Crippen molar-refractivity contribution in [1.82, 2.24) is 0 Å². The lowest BCUT2D eigenvalue weighted by Gasteiger charge is -2.44. The average molecular weight is 729 g/mol. The number of nitrogens with zero attached hydrogens (tertiary/aromatic N) is 1. The molecule has 4 heterocycles. The third-order valence-electron chi connectivity index (χ3n) is 11.8. The minimum absolute atomic E-state index is 0.0248. The molecule has 0 aliphatic carbocycles. The Balaban J connectivity index is 1.14. The number of hydrogen-bond donors (Lipinski definition) is 0. The molecule has 57 heavy (non-hydrogen) atoms. The fourth-order valence-corrected chi connectivity index (χ4v) is 9.19. The maximum Gasteiger partial charge on any atom is 0.246 e. The summed E-state index contributed by atoms with van der Waals surface area (Å²) in [6, 6.07) is 68.8. The quantitative estimate of drug-likeness (QED) is 0.160. The van der Waals surface area contributed by atoms with Crippen molar-refractivity contribution in [3.63, 3.8) is 0 Å². The molecule has 268 valence electrons. The van der Waals surface area contributed by atoms with Gasteiger partial charge in [-0.25, -0.2) is 0 Å². The van der Waals surface area contributed by atoms with Crippen molar-refractivity contribution in [2.75, 3.05) is 4.90 Å². The van der Waals surface area contributed by atoms with Crippen LogP contribution in [-0.2, 0) is 0 Å². The van der Waals surface area contributed by atoms with Crippen molar-refractivity contribution in [1.29, 1.82) is 0 Å². The van der Waals surface area contributed by atoms with Gasteiger partial charge in [-0.15, -0.1) is 0 Å². The number of aryl methyl sites for hydroxylation is 2. The van der Waals surface area contributed by atoms with Crippen molar-refractivity contribution < 1.29 is 8.83 Å². The zero-order valence-corrected chi connectivity index (χ0v) is 31.8. The summed E-state index contributed by atoms with van der Waals surface area (Å²) in [4.78, 5) is 2.56. The highest BCUT2D eigenvalue weighted by atomic mass is 16.3. The van der Waals surface area contributed by atoms with Crippen LogP contribution in [-0.4, -0.2) is 13.4 Å². The SMILES string of the molecule is Cc1ccc(-c2ccc(-c3cc4c5c(c3)B(c3ccccc3)c3ccc(-c6ccc(-c7ccc(C)o7)cc6)cc3N5c3ccccc3B4c3ccccc3)cc2)o1. The van der Waals surface area contributed by atoms with Gasteiger partial charge >= 0.3 is 0 Å². The van der Waals surface area contributed by atoms with E-state index in [-0.39, 0.29) is 13.4 Å². The van der Waals surface area contributed by atoms with E-state index >= 15 is 0 Å². The van der Waals surface area contributed by atoms with Crippen LogP contribution in [0.15, 0.2) is 197 Å². The molecule has 2 aliphatic heterocycles. The van der Waals surface area contributed by atoms with Crippen LogP contribution in [0.2, 0.25) is 0 Å². The van der Waals surface area contributed by atoms with Gasteiger partial charge in [0.25, 0.3) is 0 Å². The highest BCUT2D eigenvalue weighted by Crippen LogP contribution is 2.40. The number of para-hydroxylation sites is 1. The van der Waals surface area contributed by atoms with Crippen LogP contribution in [0, 0.1) is 13.8 Å². The molecule has 0 unspecified atom stereocenters. The summed E-state index contributed by atoms with van der Waals surface area (Å²) in [6.45, 7) is 4.05. The Morgan fingerprint density at radius 1 is 0.351 bits per heavy atom. The van der Waals surface area contributed by atoms with Crippen LogP contribution in [0.4, 0.5) is 17.1 Å². The molecule has 9 aromatic rings. The first-order valence-corrected chi connectivity index (χ1v) is 19.7. The van der Waals surface area contributed by atoms with Crippen molar-refractivity contribution in [2.45, 2.75) is 13.8 Å². The summed E-state index contributed by atoms with van der Waals surface area (Å²) in [5.41, 5.74) is 18.4. The lowest BCUT2D eigenvalue weighted by Crippen LogP contribution is -2.65. The van der Waals surface area contributed by atoms with E-state index in [1.54, 1.807) is 0 Å². The number of benzene rings is 7. The zero-order valence-electron chi connectivity index (χ0n) is 31.8. The largest absolute Gasteiger partial charge is 0.461 e. The minimum Gasteiger partial charge on any atom is -0.461 e. The van der Waals surface area contributed by atoms with Crippen LogP contribution in [0.25, 0.3) is 44.9 Å². The molecule has 0 bridgehead atoms. The van der Waals surface area contributed by atoms with Crippen LogP contribution in [0.5, 0.6) is 0 Å². The number of furan rings is 2. The molecule has 0 amide bonds. The first-order chi connectivity index (χ1) is 28.1. The third-order valence-corrected chi connectivity index (χ3v) is 11.8. The Labute approximate surface area is 334 Å². The molecule has 0 radical (unpaired) electrons. The maximum atomic E-state index is 5.99. The number of anilines is 3. The molecular weight excluding hydrogens is 692 g/mol. The Morgan fingerprint density at radius 2 is 0.807 bits per heavy atom. The van der Waals surface area contributed by atoms with Crippen molar-refractivity contribution in [3.05, 3.63) is 200 Å². The number of rotatable bonds is 6. The van der Waals surface area contributed by atoms with E-state index in [1.165, 1.54) is 72.1 Å². The molecule has 3 nitrogen and oxygen atoms in total. The van der Waals surface area contributed by atoms with Gasteiger partial charge in [0.2, 0.25) is 13.4 Å². The fourth-order valence-electron chi connectivity index (χ4n) is 9.19. The molecule has 11 rings (SSSR count). The van der Waals surface area contributed by atoms with E-state index in [0.29, 0.717) is 0 Å². The topological polar surface area (TPSA) is 29.5 Å². The first kappa shape index (κ1) is 33.4. The average Bonchev–Trinajstić information content (AvgIpc) is 3.92. The Hall–Kier alpha value is -6.97. The van der Waals surface area contributed by atoms with E-state index in [0.717, 1.165) is 34.2 Å². The third kappa shape index (κ3) is 5.61. The summed E-state index contributed by atoms with van der Waals surface area (Å²) in [6.07, 6.45) is 0. The normalized spacial score (nSPS) is 12.6. The Kier molecular flexibility index (Phi) is 7.82. The summed E-state index contributed by atoms with van der Waals surface area (Å²) >= 11 is 0. The summed E-state index contributed by atoms with van der Waals surface area (Å²) < 4.78 is 11.9. The van der Waals surface area contributed by atoms with Gasteiger partial charge in [-0.1, -0.05) is 163 Å². The summed E-state index contributed by atoms with van der Waals surface area (Å²) in [7, 11) is 0. The van der Waals surface area contributed by atoms with Crippen molar-refractivity contribution in [2.24, 2.45) is 0 Å². The van der Waals surface area contributed by atoms with E-state index < -0.39 is 0 Å². The molecule has 0 atom stereocenters. The van der Waals surface area contributed by atoms with Gasteiger partial charge in [-0.05, 0) is 94.4 Å². The van der Waals surface area contributed by atoms with Gasteiger partial charge in [-0.3, -0.25) is 0 Å². The second-order valence-electron chi connectivity index (χ2n) is 15.3. The van der Waals surface area contributed by atoms with E-state index in [4.69, 9.17) is 8.83 Å². The van der Waals surface area contributed by atoms with Crippen molar-refractivity contribution in [3.8, 4) is 44.9 Å². The minimum atomic E-state index is 0.0248. The maximum absolute atomic E-state index is 5.99. The van der Waals surface area contributed by atoms with Gasteiger partial charge < -0.3 is 13.7 Å². The van der Waals surface area contributed by atoms with Crippen LogP contribution in [0.1, 0.15) is 11.5 Å². The summed E-state index contributed by atoms with van der Waals surface area (Å²) in [5.74, 6) is 3.61. The van der Waals surface area contributed by atoms with Crippen molar-refractivity contribution >= 4 is 63.3 Å². The second-order valence-corrected chi connectivity index (χ2v) is 15.3. The fraction of sp³-hybridized carbons (Fsp3) is 0.0385. The molecule has 0 fully saturated rings. The molecule has 7 aromatic carbocycles. The standard InChI is InChI=1S/C52H37B2NO2/c1-34-17-29-50(56-34)38-23-19-36(20-24-38)40-27-28-45-49(33-40)55-48-16-10-9-15-44(48)53(42-11-5-3-6-12-42)46-31-41(32-47(52(46)55)54(45)43-13-7-4-8-14-43)37-21-25-39(26-22-37)51-30-18-35(2)57-51/h3-33H,1-2H3. The number of fused-ring (bicyclic) bond motifs is 4. The van der Waals surface area contributed by atoms with E-state index in [1.807, 2.05) is 38.1 Å². The highest BCUT2D eigenvalue weighted by molar-refractivity contribution is 7.02. The smallest absolute Gasteiger partial charge is 0.246 e. The molecule has 5 heteroatoms. The Bertz CT molecular complexity index is 2910. The second kappa shape index (κ2) is 13.4. The van der Waals surface area contributed by atoms with Gasteiger partial charge in [-0.2, -0.15) is 0 Å². The molecule has 0 saturated carbocycles. The van der Waals surface area contributed by atoms with Gasteiger partial charge in [0.15, 0.2) is 0 Å². The van der Waals surface area contributed by atoms with Crippen LogP contribution in [0.3, 0.4) is 0 Å². The molecular formula is C52H37B2NO2. The predicted molar refractivity (Wildman–Crippen MR) is 239 cm³/mol. The molecule has 0 N–H and O–H groups in total. The lowest BCUT2D eigenvalue weighted by atomic mass is 9.30. The molecule has 2 aromatic heterocycles. The van der Waals surface area contributed by atoms with Gasteiger partial charge in [0.05, 0.1) is 0 Å². The van der Waals surface area contributed by atoms with Crippen LogP contribution >= 0.6 is 0 Å². The highest BCUT2D eigenvalue weighted by Gasteiger charge is 2.43.